The third-order valence-corrected chi connectivity index (χ3v) is 0.1000. The van der Waals surface area contributed by atoms with Crippen molar-refractivity contribution in [2.24, 2.45) is 0 Å². The maximum atomic E-state index is 7.62. The first-order valence-corrected chi connectivity index (χ1v) is 4.54. The minimum atomic E-state index is -0.125. The van der Waals surface area contributed by atoms with Crippen LogP contribution in [-0.4, -0.2) is 39.9 Å². The minimum Gasteiger partial charge on any atom is -0.394 e. The van der Waals surface area contributed by atoms with Crippen LogP contribution in [0, 0.1) is 0 Å². The number of aliphatic hydroxyl groups is 2. The zero-order chi connectivity index (χ0) is 6.12. The van der Waals surface area contributed by atoms with E-state index in [-0.39, 0.29) is 13.2 Å². The van der Waals surface area contributed by atoms with Crippen LogP contribution in [0.2, 0.25) is 0 Å². The fourth-order valence-corrected chi connectivity index (χ4v) is 0. The van der Waals surface area contributed by atoms with Gasteiger partial charge in [0.15, 0.2) is 0 Å². The smallest absolute Gasteiger partial charge is 0.0662 e. The Morgan fingerprint density at radius 1 is 1.43 bits per heavy atom. The molecule has 0 heterocycles. The molecule has 0 saturated heterocycles. The van der Waals surface area contributed by atoms with Gasteiger partial charge in [0.1, 0.15) is 0 Å². The Labute approximate surface area is 52.1 Å². The summed E-state index contributed by atoms with van der Waals surface area (Å²) in [6.45, 7) is 3.19. The van der Waals surface area contributed by atoms with Gasteiger partial charge in [-0.2, -0.15) is 0 Å². The predicted octanol–water partition coefficient (Wildman–Crippen LogP) is -1.53. The molecule has 0 unspecified atom stereocenters. The summed E-state index contributed by atoms with van der Waals surface area (Å²) < 4.78 is 0. The predicted molar refractivity (Wildman–Crippen MR) is 34.3 cm³/mol. The van der Waals surface area contributed by atoms with E-state index < -0.39 is 0 Å². The molecule has 0 amide bonds. The molecule has 0 aromatic carbocycles. The first-order chi connectivity index (χ1) is 3.33. The summed E-state index contributed by atoms with van der Waals surface area (Å²) in [6, 6.07) is 0. The van der Waals surface area contributed by atoms with Gasteiger partial charge in [-0.25, -0.2) is 0 Å². The fourth-order valence-electron chi connectivity index (χ4n) is 0. The third kappa shape index (κ3) is 75.7. The van der Waals surface area contributed by atoms with Crippen molar-refractivity contribution in [3.05, 3.63) is 11.5 Å². The molecule has 0 atom stereocenters. The molecular weight excluding hydrogens is 153 g/mol. The van der Waals surface area contributed by atoms with Gasteiger partial charge in [-0.3, -0.25) is 0 Å². The van der Waals surface area contributed by atoms with Crippen LogP contribution >= 0.6 is 0 Å². The molecule has 0 aliphatic carbocycles. The average Bonchev–Trinajstić information content (AvgIpc) is 1.69. The average molecular weight is 165 g/mol. The molecule has 0 spiro atoms. The van der Waals surface area contributed by atoms with Crippen molar-refractivity contribution in [3.63, 3.8) is 0 Å². The summed E-state index contributed by atoms with van der Waals surface area (Å²) in [5.74, 6) is 0. The normalized spacial score (nSPS) is 6.57. The van der Waals surface area contributed by atoms with Crippen molar-refractivity contribution >= 4 is 16.5 Å². The van der Waals surface area contributed by atoms with E-state index in [0.717, 1.165) is 16.5 Å². The van der Waals surface area contributed by atoms with Crippen molar-refractivity contribution in [2.75, 3.05) is 13.2 Å². The van der Waals surface area contributed by atoms with E-state index >= 15 is 0 Å². The summed E-state index contributed by atoms with van der Waals surface area (Å²) in [5.41, 5.74) is 0. The molecule has 0 fully saturated rings. The van der Waals surface area contributed by atoms with Crippen LogP contribution in [0.25, 0.3) is 0 Å². The van der Waals surface area contributed by atoms with Crippen molar-refractivity contribution in [1.82, 2.24) is 0 Å². The fraction of sp³-hybridized carbons (Fsp3) is 0.500. The van der Waals surface area contributed by atoms with Gasteiger partial charge in [-0.1, -0.05) is 0 Å². The van der Waals surface area contributed by atoms with Crippen LogP contribution in [0.5, 0.6) is 0 Å². The second-order valence-electron chi connectivity index (χ2n) is 0.855. The second-order valence-corrected chi connectivity index (χ2v) is 2.57. The van der Waals surface area contributed by atoms with Gasteiger partial charge in [0.2, 0.25) is 0 Å². The van der Waals surface area contributed by atoms with E-state index in [9.17, 15) is 0 Å². The standard InChI is InChI=1S/C2H6Ge.C2H6O2/c1-2-3;3-1-2-4/h2H,1H2,3H3;3-4H,1-2H2. The molecule has 0 bridgehead atoms. The monoisotopic (exact) mass is 166 g/mol. The number of aliphatic hydroxyl groups excluding tert-OH is 2. The van der Waals surface area contributed by atoms with Gasteiger partial charge < -0.3 is 10.2 Å². The van der Waals surface area contributed by atoms with E-state index in [2.05, 4.69) is 6.58 Å². The molecule has 0 aliphatic rings. The zero-order valence-electron chi connectivity index (χ0n) is 4.59. The van der Waals surface area contributed by atoms with Crippen LogP contribution in [0.15, 0.2) is 11.5 Å². The third-order valence-electron chi connectivity index (χ3n) is 0.1000. The minimum absolute atomic E-state index is 0.125. The summed E-state index contributed by atoms with van der Waals surface area (Å²) in [5, 5.41) is 15.2. The Hall–Kier alpha value is 0.203. The zero-order valence-corrected chi connectivity index (χ0v) is 8.79. The Bertz CT molecular complexity index is 28.9. The molecule has 7 heavy (non-hydrogen) atoms. The molecule has 2 nitrogen and oxygen atoms in total. The SMILES string of the molecule is C=[CH][GeH3].OCCO. The van der Waals surface area contributed by atoms with Crippen molar-refractivity contribution in [2.45, 2.75) is 0 Å². The Morgan fingerprint density at radius 2 is 1.57 bits per heavy atom. The molecule has 3 heteroatoms. The summed E-state index contributed by atoms with van der Waals surface area (Å²) in [6.07, 6.45) is 0. The van der Waals surface area contributed by atoms with Gasteiger partial charge >= 0.3 is 28.0 Å². The molecule has 0 saturated carbocycles. The van der Waals surface area contributed by atoms with Crippen LogP contribution in [0.3, 0.4) is 0 Å². The number of hydrogen-bond donors (Lipinski definition) is 2. The molecule has 0 aromatic heterocycles. The van der Waals surface area contributed by atoms with Crippen LogP contribution in [0.4, 0.5) is 0 Å². The van der Waals surface area contributed by atoms with E-state index in [1.54, 1.807) is 0 Å². The van der Waals surface area contributed by atoms with Crippen molar-refractivity contribution in [3.8, 4) is 0 Å². The Morgan fingerprint density at radius 3 is 1.57 bits per heavy atom. The molecule has 44 valence electrons. The first-order valence-electron chi connectivity index (χ1n) is 2.12. The van der Waals surface area contributed by atoms with Crippen molar-refractivity contribution in [1.29, 1.82) is 0 Å². The van der Waals surface area contributed by atoms with E-state index in [4.69, 9.17) is 10.2 Å². The van der Waals surface area contributed by atoms with E-state index in [1.165, 1.54) is 0 Å². The summed E-state index contributed by atoms with van der Waals surface area (Å²) in [4.78, 5) is 1.94. The molecule has 0 radical (unpaired) electrons. The quantitative estimate of drug-likeness (QED) is 0.462. The topological polar surface area (TPSA) is 40.5 Å². The Kier molecular flexibility index (Phi) is 23.9. The summed E-state index contributed by atoms with van der Waals surface area (Å²) >= 11 is 0.868. The maximum absolute atomic E-state index is 7.62. The molecule has 0 rings (SSSR count). The first kappa shape index (κ1) is 10.2. The number of hydrogen-bond acceptors (Lipinski definition) is 2. The van der Waals surface area contributed by atoms with Crippen LogP contribution in [-0.2, 0) is 0 Å². The largest absolute Gasteiger partial charge is 0.394 e. The van der Waals surface area contributed by atoms with Crippen LogP contribution in [0.1, 0.15) is 0 Å². The Balaban J connectivity index is 0. The summed E-state index contributed by atoms with van der Waals surface area (Å²) in [7, 11) is 0. The van der Waals surface area contributed by atoms with Gasteiger partial charge in [0, 0.05) is 0 Å². The van der Waals surface area contributed by atoms with Gasteiger partial charge in [0.05, 0.1) is 13.2 Å². The van der Waals surface area contributed by atoms with E-state index in [1.807, 2.05) is 4.91 Å². The maximum Gasteiger partial charge on any atom is 0.0662 e. The van der Waals surface area contributed by atoms with Gasteiger partial charge in [-0.15, -0.1) is 0 Å². The van der Waals surface area contributed by atoms with Crippen molar-refractivity contribution < 1.29 is 10.2 Å². The number of rotatable bonds is 1. The molecule has 2 N–H and O–H groups in total. The van der Waals surface area contributed by atoms with Crippen LogP contribution < -0.4 is 0 Å². The molecular formula is C4H12GeO2. The second kappa shape index (κ2) is 16.4. The molecule has 0 aliphatic heterocycles. The van der Waals surface area contributed by atoms with Gasteiger partial charge in [-0.05, 0) is 0 Å². The molecule has 0 aromatic rings. The van der Waals surface area contributed by atoms with E-state index in [0.29, 0.717) is 0 Å². The van der Waals surface area contributed by atoms with Gasteiger partial charge in [0.25, 0.3) is 0 Å².